The van der Waals surface area contributed by atoms with Crippen molar-refractivity contribution in [1.82, 2.24) is 0 Å². The summed E-state index contributed by atoms with van der Waals surface area (Å²) in [6, 6.07) is 17.1. The first-order valence-corrected chi connectivity index (χ1v) is 6.88. The van der Waals surface area contributed by atoms with Gasteiger partial charge in [0, 0.05) is 0 Å². The Morgan fingerprint density at radius 3 is 2.18 bits per heavy atom. The van der Waals surface area contributed by atoms with Crippen molar-refractivity contribution in [3.8, 4) is 11.1 Å². The Bertz CT molecular complexity index is 612. The van der Waals surface area contributed by atoms with Crippen LogP contribution in [0.5, 0.6) is 0 Å². The monoisotopic (exact) mass is 305 g/mol. The van der Waals surface area contributed by atoms with E-state index >= 15 is 0 Å². The van der Waals surface area contributed by atoms with Crippen molar-refractivity contribution in [2.24, 2.45) is 5.73 Å². The first-order valence-electron chi connectivity index (χ1n) is 6.88. The highest BCUT2D eigenvalue weighted by molar-refractivity contribution is 5.73. The Hall–Kier alpha value is -2.27. The fraction of sp³-hybridized carbons (Fsp3) is 0.235. The summed E-state index contributed by atoms with van der Waals surface area (Å²) >= 11 is 0. The number of benzene rings is 2. The third kappa shape index (κ3) is 4.63. The molecular formula is C17H17F2NO2. The van der Waals surface area contributed by atoms with Crippen LogP contribution < -0.4 is 5.73 Å². The summed E-state index contributed by atoms with van der Waals surface area (Å²) in [6.07, 6.45) is -0.0459. The zero-order valence-corrected chi connectivity index (χ0v) is 12.0. The topological polar surface area (TPSA) is 52.3 Å². The highest BCUT2D eigenvalue weighted by atomic mass is 19.3. The van der Waals surface area contributed by atoms with Crippen LogP contribution in [0.2, 0.25) is 0 Å². The van der Waals surface area contributed by atoms with Crippen molar-refractivity contribution in [2.75, 3.05) is 13.2 Å². The number of hydrogen-bond acceptors (Lipinski definition) is 3. The van der Waals surface area contributed by atoms with E-state index in [1.165, 1.54) is 0 Å². The van der Waals surface area contributed by atoms with Crippen molar-refractivity contribution in [2.45, 2.75) is 12.3 Å². The van der Waals surface area contributed by atoms with E-state index < -0.39 is 25.0 Å². The molecular weight excluding hydrogens is 288 g/mol. The lowest BCUT2D eigenvalue weighted by molar-refractivity contribution is -0.153. The van der Waals surface area contributed by atoms with Gasteiger partial charge in [-0.15, -0.1) is 0 Å². The van der Waals surface area contributed by atoms with Crippen molar-refractivity contribution in [3.63, 3.8) is 0 Å². The van der Waals surface area contributed by atoms with Crippen LogP contribution in [0.1, 0.15) is 5.56 Å². The number of halogens is 2. The molecule has 0 amide bonds. The number of esters is 1. The highest BCUT2D eigenvalue weighted by Crippen LogP contribution is 2.19. The highest BCUT2D eigenvalue weighted by Gasteiger charge is 2.28. The Morgan fingerprint density at radius 1 is 1.00 bits per heavy atom. The van der Waals surface area contributed by atoms with Gasteiger partial charge in [0.25, 0.3) is 5.92 Å². The molecule has 0 aliphatic heterocycles. The summed E-state index contributed by atoms with van der Waals surface area (Å²) in [6.45, 7) is -1.82. The van der Waals surface area contributed by atoms with Crippen LogP contribution in [-0.2, 0) is 16.0 Å². The predicted molar refractivity (Wildman–Crippen MR) is 80.5 cm³/mol. The van der Waals surface area contributed by atoms with Crippen molar-refractivity contribution in [3.05, 3.63) is 60.2 Å². The van der Waals surface area contributed by atoms with Gasteiger partial charge in [-0.05, 0) is 16.7 Å². The first kappa shape index (κ1) is 16.1. The molecule has 0 saturated carbocycles. The fourth-order valence-electron chi connectivity index (χ4n) is 1.91. The van der Waals surface area contributed by atoms with Crippen LogP contribution in [0.4, 0.5) is 8.78 Å². The predicted octanol–water partition coefficient (Wildman–Crippen LogP) is 3.03. The number of nitrogens with two attached hydrogens (primary N) is 1. The van der Waals surface area contributed by atoms with Crippen LogP contribution in [0.25, 0.3) is 11.1 Å². The fourth-order valence-corrected chi connectivity index (χ4v) is 1.91. The second kappa shape index (κ2) is 7.13. The lowest BCUT2D eigenvalue weighted by Crippen LogP contribution is -2.34. The lowest BCUT2D eigenvalue weighted by Gasteiger charge is -2.13. The third-order valence-corrected chi connectivity index (χ3v) is 3.15. The number of rotatable bonds is 6. The minimum absolute atomic E-state index is 0.0459. The SMILES string of the molecule is NCC(F)(F)COC(=O)Cc1ccc(-c2ccccc2)cc1. The van der Waals surface area contributed by atoms with E-state index in [0.29, 0.717) is 5.56 Å². The molecule has 5 heteroatoms. The summed E-state index contributed by atoms with van der Waals surface area (Å²) in [5.41, 5.74) is 7.67. The second-order valence-corrected chi connectivity index (χ2v) is 4.96. The van der Waals surface area contributed by atoms with Gasteiger partial charge in [0.15, 0.2) is 6.61 Å². The molecule has 0 aliphatic rings. The molecule has 116 valence electrons. The van der Waals surface area contributed by atoms with E-state index in [0.717, 1.165) is 11.1 Å². The molecule has 0 spiro atoms. The van der Waals surface area contributed by atoms with Gasteiger partial charge in [-0.3, -0.25) is 4.79 Å². The molecule has 0 aromatic heterocycles. The minimum Gasteiger partial charge on any atom is -0.459 e. The Balaban J connectivity index is 1.93. The molecule has 2 rings (SSSR count). The first-order chi connectivity index (χ1) is 10.5. The van der Waals surface area contributed by atoms with Gasteiger partial charge < -0.3 is 10.5 Å². The zero-order chi connectivity index (χ0) is 16.0. The standard InChI is InChI=1S/C17H17F2NO2/c18-17(19,11-20)12-22-16(21)10-13-6-8-15(9-7-13)14-4-2-1-3-5-14/h1-9H,10-12,20H2. The lowest BCUT2D eigenvalue weighted by atomic mass is 10.0. The van der Waals surface area contributed by atoms with Crippen LogP contribution in [0.15, 0.2) is 54.6 Å². The number of hydrogen-bond donors (Lipinski definition) is 1. The van der Waals surface area contributed by atoms with E-state index in [-0.39, 0.29) is 6.42 Å². The molecule has 2 aromatic carbocycles. The normalized spacial score (nSPS) is 11.2. The molecule has 0 unspecified atom stereocenters. The minimum atomic E-state index is -3.17. The largest absolute Gasteiger partial charge is 0.459 e. The molecule has 22 heavy (non-hydrogen) atoms. The Labute approximate surface area is 127 Å². The van der Waals surface area contributed by atoms with E-state index in [1.807, 2.05) is 42.5 Å². The van der Waals surface area contributed by atoms with Crippen LogP contribution in [0, 0.1) is 0 Å². The quantitative estimate of drug-likeness (QED) is 0.835. The second-order valence-electron chi connectivity index (χ2n) is 4.96. The summed E-state index contributed by atoms with van der Waals surface area (Å²) in [5.74, 6) is -3.87. The summed E-state index contributed by atoms with van der Waals surface area (Å²) < 4.78 is 30.3. The number of carbonyl (C=O) groups excluding carboxylic acids is 1. The van der Waals surface area contributed by atoms with Crippen molar-refractivity contribution >= 4 is 5.97 Å². The van der Waals surface area contributed by atoms with Gasteiger partial charge >= 0.3 is 5.97 Å². The van der Waals surface area contributed by atoms with Crippen molar-refractivity contribution in [1.29, 1.82) is 0 Å². The van der Waals surface area contributed by atoms with Gasteiger partial charge in [-0.1, -0.05) is 54.6 Å². The molecule has 0 fully saturated rings. The number of alkyl halides is 2. The molecule has 2 N–H and O–H groups in total. The smallest absolute Gasteiger partial charge is 0.310 e. The van der Waals surface area contributed by atoms with Gasteiger partial charge in [0.1, 0.15) is 0 Å². The van der Waals surface area contributed by atoms with Crippen LogP contribution in [0.3, 0.4) is 0 Å². The van der Waals surface area contributed by atoms with Gasteiger partial charge in [0.2, 0.25) is 0 Å². The molecule has 0 aliphatic carbocycles. The zero-order valence-electron chi connectivity index (χ0n) is 12.0. The molecule has 0 saturated heterocycles. The average molecular weight is 305 g/mol. The molecule has 0 heterocycles. The molecule has 0 atom stereocenters. The van der Waals surface area contributed by atoms with Gasteiger partial charge in [-0.25, -0.2) is 8.78 Å². The van der Waals surface area contributed by atoms with Crippen LogP contribution >= 0.6 is 0 Å². The van der Waals surface area contributed by atoms with E-state index in [9.17, 15) is 13.6 Å². The van der Waals surface area contributed by atoms with Gasteiger partial charge in [0.05, 0.1) is 13.0 Å². The van der Waals surface area contributed by atoms with Crippen molar-refractivity contribution < 1.29 is 18.3 Å². The Morgan fingerprint density at radius 2 is 1.59 bits per heavy atom. The van der Waals surface area contributed by atoms with E-state index in [2.05, 4.69) is 4.74 Å². The number of ether oxygens (including phenoxy) is 1. The van der Waals surface area contributed by atoms with Crippen LogP contribution in [-0.4, -0.2) is 25.0 Å². The molecule has 0 radical (unpaired) electrons. The molecule has 2 aromatic rings. The summed E-state index contributed by atoms with van der Waals surface area (Å²) in [5, 5.41) is 0. The average Bonchev–Trinajstić information content (AvgIpc) is 2.55. The van der Waals surface area contributed by atoms with Gasteiger partial charge in [-0.2, -0.15) is 0 Å². The summed E-state index contributed by atoms with van der Waals surface area (Å²) in [7, 11) is 0. The molecule has 3 nitrogen and oxygen atoms in total. The number of carbonyl (C=O) groups is 1. The maximum atomic E-state index is 12.9. The van der Waals surface area contributed by atoms with E-state index in [4.69, 9.17) is 5.73 Å². The third-order valence-electron chi connectivity index (χ3n) is 3.15. The maximum absolute atomic E-state index is 12.9. The Kier molecular flexibility index (Phi) is 5.22. The molecule has 0 bridgehead atoms. The summed E-state index contributed by atoms with van der Waals surface area (Å²) in [4.78, 5) is 11.5. The van der Waals surface area contributed by atoms with E-state index in [1.54, 1.807) is 12.1 Å². The maximum Gasteiger partial charge on any atom is 0.310 e.